The average molecular weight is 391 g/mol. The van der Waals surface area contributed by atoms with Gasteiger partial charge in [-0.1, -0.05) is 20.8 Å². The molecule has 4 aliphatic carbocycles. The highest BCUT2D eigenvalue weighted by molar-refractivity contribution is 5.87. The molecule has 0 radical (unpaired) electrons. The van der Waals surface area contributed by atoms with Gasteiger partial charge in [-0.25, -0.2) is 0 Å². The largest absolute Gasteiger partial charge is 0.481 e. The summed E-state index contributed by atoms with van der Waals surface area (Å²) < 4.78 is 0. The third-order valence-corrected chi connectivity index (χ3v) is 10.1. The molecule has 0 bridgehead atoms. The maximum absolute atomic E-state index is 13.6. The summed E-state index contributed by atoms with van der Waals surface area (Å²) in [5, 5.41) is 19.3. The molecule has 28 heavy (non-hydrogen) atoms. The molecule has 158 valence electrons. The number of ketones is 1. The smallest absolute Gasteiger partial charge is 0.303 e. The van der Waals surface area contributed by atoms with E-state index in [1.54, 1.807) is 0 Å². The summed E-state index contributed by atoms with van der Waals surface area (Å²) in [6.45, 7) is 6.81. The molecule has 0 aliphatic heterocycles. The lowest BCUT2D eigenvalue weighted by Crippen LogP contribution is -2.57. The summed E-state index contributed by atoms with van der Waals surface area (Å²) in [5.41, 5.74) is -0.0391. The molecular formula is C24H38O4. The standard InChI is InChI=1S/C24H38O4/c1-14(4-9-22(27)28)18-7-8-19-17-6-5-15-12-16(25)10-11-23(15,2)20(17)13-21(26)24(18,19)3/h14-20,25H,4-13H2,1-3H3,(H,27,28)/t14-,15-,16-,17+,18-,19+,20+,23-,24+/m0/s1. The summed E-state index contributed by atoms with van der Waals surface area (Å²) in [4.78, 5) is 24.7. The van der Waals surface area contributed by atoms with Gasteiger partial charge in [0.1, 0.15) is 5.78 Å². The zero-order chi connectivity index (χ0) is 20.3. The first-order valence-corrected chi connectivity index (χ1v) is 11.6. The number of aliphatic hydroxyl groups is 1. The molecule has 4 nitrogen and oxygen atoms in total. The van der Waals surface area contributed by atoms with Gasteiger partial charge < -0.3 is 10.2 Å². The first-order chi connectivity index (χ1) is 13.2. The molecule has 4 fully saturated rings. The number of fused-ring (bicyclic) bond motifs is 5. The van der Waals surface area contributed by atoms with Crippen molar-refractivity contribution >= 4 is 11.8 Å². The molecule has 4 rings (SSSR count). The van der Waals surface area contributed by atoms with Crippen LogP contribution in [-0.4, -0.2) is 28.1 Å². The van der Waals surface area contributed by atoms with Crippen molar-refractivity contribution in [3.63, 3.8) is 0 Å². The van der Waals surface area contributed by atoms with Gasteiger partial charge in [-0.2, -0.15) is 0 Å². The van der Waals surface area contributed by atoms with Gasteiger partial charge in [-0.05, 0) is 92.3 Å². The van der Waals surface area contributed by atoms with Gasteiger partial charge in [0.2, 0.25) is 0 Å². The van der Waals surface area contributed by atoms with Gasteiger partial charge in [0.25, 0.3) is 0 Å². The molecule has 0 aromatic rings. The second-order valence-corrected chi connectivity index (χ2v) is 11.1. The topological polar surface area (TPSA) is 74.6 Å². The van der Waals surface area contributed by atoms with Gasteiger partial charge in [-0.3, -0.25) is 9.59 Å². The summed E-state index contributed by atoms with van der Waals surface area (Å²) in [6, 6.07) is 0. The van der Waals surface area contributed by atoms with Crippen LogP contribution >= 0.6 is 0 Å². The number of hydrogen-bond donors (Lipinski definition) is 2. The Morgan fingerprint density at radius 2 is 1.89 bits per heavy atom. The lowest BCUT2D eigenvalue weighted by Gasteiger charge is -2.60. The summed E-state index contributed by atoms with van der Waals surface area (Å²) in [7, 11) is 0. The summed E-state index contributed by atoms with van der Waals surface area (Å²) in [5.74, 6) is 2.52. The number of rotatable bonds is 4. The van der Waals surface area contributed by atoms with Crippen molar-refractivity contribution in [3.8, 4) is 0 Å². The van der Waals surface area contributed by atoms with Crippen LogP contribution in [-0.2, 0) is 9.59 Å². The second-order valence-electron chi connectivity index (χ2n) is 11.1. The molecule has 0 aromatic carbocycles. The predicted octanol–water partition coefficient (Wildman–Crippen LogP) is 4.69. The molecular weight excluding hydrogens is 352 g/mol. The third kappa shape index (κ3) is 2.97. The predicted molar refractivity (Wildman–Crippen MR) is 108 cm³/mol. The maximum Gasteiger partial charge on any atom is 0.303 e. The number of aliphatic hydroxyl groups excluding tert-OH is 1. The van der Waals surface area contributed by atoms with Crippen LogP contribution in [0.2, 0.25) is 0 Å². The minimum absolute atomic E-state index is 0.148. The van der Waals surface area contributed by atoms with E-state index in [1.807, 2.05) is 0 Å². The zero-order valence-electron chi connectivity index (χ0n) is 17.8. The molecule has 0 saturated heterocycles. The molecule has 4 heteroatoms. The van der Waals surface area contributed by atoms with Crippen LogP contribution in [0.1, 0.15) is 85.0 Å². The van der Waals surface area contributed by atoms with Crippen LogP contribution in [0.3, 0.4) is 0 Å². The first-order valence-electron chi connectivity index (χ1n) is 11.6. The van der Waals surface area contributed by atoms with Crippen LogP contribution < -0.4 is 0 Å². The number of carbonyl (C=O) groups excluding carboxylic acids is 1. The highest BCUT2D eigenvalue weighted by Gasteiger charge is 2.63. The van der Waals surface area contributed by atoms with Crippen molar-refractivity contribution in [3.05, 3.63) is 0 Å². The number of carboxylic acid groups (broad SMARTS) is 1. The zero-order valence-corrected chi connectivity index (χ0v) is 17.8. The van der Waals surface area contributed by atoms with Gasteiger partial charge >= 0.3 is 5.97 Å². The van der Waals surface area contributed by atoms with E-state index in [-0.39, 0.29) is 23.4 Å². The van der Waals surface area contributed by atoms with E-state index in [2.05, 4.69) is 20.8 Å². The fourth-order valence-electron chi connectivity index (χ4n) is 8.44. The van der Waals surface area contributed by atoms with Gasteiger partial charge in [0, 0.05) is 18.3 Å². The van der Waals surface area contributed by atoms with Crippen LogP contribution in [0.25, 0.3) is 0 Å². The van der Waals surface area contributed by atoms with Crippen LogP contribution in [0.4, 0.5) is 0 Å². The second kappa shape index (κ2) is 7.11. The molecule has 0 spiro atoms. The third-order valence-electron chi connectivity index (χ3n) is 10.1. The van der Waals surface area contributed by atoms with E-state index in [0.717, 1.165) is 32.1 Å². The Morgan fingerprint density at radius 3 is 2.61 bits per heavy atom. The minimum atomic E-state index is -0.729. The fraction of sp³-hybridized carbons (Fsp3) is 0.917. The Hall–Kier alpha value is -0.900. The molecule has 4 aliphatic rings. The number of carbonyl (C=O) groups is 2. The normalized spacial score (nSPS) is 49.1. The molecule has 9 atom stereocenters. The number of carboxylic acids is 1. The van der Waals surface area contributed by atoms with Crippen molar-refractivity contribution in [2.24, 2.45) is 46.3 Å². The maximum atomic E-state index is 13.6. The highest BCUT2D eigenvalue weighted by atomic mass is 16.4. The van der Waals surface area contributed by atoms with Crippen molar-refractivity contribution in [1.29, 1.82) is 0 Å². The van der Waals surface area contributed by atoms with Gasteiger partial charge in [0.15, 0.2) is 0 Å². The Kier molecular flexibility index (Phi) is 5.17. The Balaban J connectivity index is 1.57. The molecule has 0 unspecified atom stereocenters. The van der Waals surface area contributed by atoms with E-state index >= 15 is 0 Å². The number of Topliss-reactive ketones (excluding diaryl/α,β-unsaturated/α-hetero) is 1. The molecule has 4 saturated carbocycles. The quantitative estimate of drug-likeness (QED) is 0.730. The lowest BCUT2D eigenvalue weighted by atomic mass is 9.44. The average Bonchev–Trinajstić information content (AvgIpc) is 3.00. The van der Waals surface area contributed by atoms with Crippen molar-refractivity contribution in [2.75, 3.05) is 0 Å². The van der Waals surface area contributed by atoms with E-state index in [0.29, 0.717) is 54.1 Å². The van der Waals surface area contributed by atoms with Gasteiger partial charge in [-0.15, -0.1) is 0 Å². The fourth-order valence-corrected chi connectivity index (χ4v) is 8.44. The van der Waals surface area contributed by atoms with Crippen molar-refractivity contribution in [1.82, 2.24) is 0 Å². The SMILES string of the molecule is C[C@@H](CCC(=O)O)[C@@H]1CC[C@@H]2[C@H]3CC[C@H]4C[C@@H](O)CC[C@]4(C)[C@@H]3CC(=O)[C@@]21C. The van der Waals surface area contributed by atoms with Crippen LogP contribution in [0.15, 0.2) is 0 Å². The Morgan fingerprint density at radius 1 is 1.14 bits per heavy atom. The summed E-state index contributed by atoms with van der Waals surface area (Å²) >= 11 is 0. The molecule has 0 aromatic heterocycles. The monoisotopic (exact) mass is 390 g/mol. The minimum Gasteiger partial charge on any atom is -0.481 e. The Labute approximate surface area is 169 Å². The van der Waals surface area contributed by atoms with Crippen molar-refractivity contribution in [2.45, 2.75) is 91.1 Å². The summed E-state index contributed by atoms with van der Waals surface area (Å²) in [6.07, 6.45) is 8.96. The first kappa shape index (κ1) is 20.4. The van der Waals surface area contributed by atoms with Crippen LogP contribution in [0, 0.1) is 46.3 Å². The van der Waals surface area contributed by atoms with E-state index < -0.39 is 5.97 Å². The van der Waals surface area contributed by atoms with Gasteiger partial charge in [0.05, 0.1) is 6.10 Å². The Bertz CT molecular complexity index is 645. The van der Waals surface area contributed by atoms with E-state index in [4.69, 9.17) is 5.11 Å². The highest BCUT2D eigenvalue weighted by Crippen LogP contribution is 2.67. The van der Waals surface area contributed by atoms with Crippen LogP contribution in [0.5, 0.6) is 0 Å². The number of aliphatic carboxylic acids is 1. The van der Waals surface area contributed by atoms with Crippen molar-refractivity contribution < 1.29 is 19.8 Å². The van der Waals surface area contributed by atoms with E-state index in [9.17, 15) is 14.7 Å². The molecule has 0 amide bonds. The lowest BCUT2D eigenvalue weighted by molar-refractivity contribution is -0.160. The molecule has 0 heterocycles. The number of hydrogen-bond acceptors (Lipinski definition) is 3. The van der Waals surface area contributed by atoms with E-state index in [1.165, 1.54) is 12.8 Å². The molecule has 2 N–H and O–H groups in total.